The average molecular weight is 428 g/mol. The largest absolute Gasteiger partial charge is 0.369 e. The molecule has 0 radical (unpaired) electrons. The highest BCUT2D eigenvalue weighted by Crippen LogP contribution is 2.25. The minimum atomic E-state index is 0.712. The molecule has 1 saturated heterocycles. The normalized spacial score (nSPS) is 19.4. The summed E-state index contributed by atoms with van der Waals surface area (Å²) in [5.74, 6) is 0. The van der Waals surface area contributed by atoms with Crippen LogP contribution in [0.4, 0.5) is 5.69 Å². The van der Waals surface area contributed by atoms with Crippen LogP contribution >= 0.6 is 0 Å². The highest BCUT2D eigenvalue weighted by Gasteiger charge is 2.25. The third kappa shape index (κ3) is 4.84. The summed E-state index contributed by atoms with van der Waals surface area (Å²) < 4.78 is 0. The van der Waals surface area contributed by atoms with Crippen LogP contribution in [0.3, 0.4) is 0 Å². The Kier molecular flexibility index (Phi) is 6.75. The quantitative estimate of drug-likeness (QED) is 0.511. The summed E-state index contributed by atoms with van der Waals surface area (Å²) in [6, 6.07) is 25.4. The fourth-order valence-electron chi connectivity index (χ4n) is 5.63. The van der Waals surface area contributed by atoms with E-state index in [1.165, 1.54) is 74.9 Å². The molecule has 1 aliphatic heterocycles. The molecule has 0 saturated carbocycles. The van der Waals surface area contributed by atoms with Crippen molar-refractivity contribution >= 4 is 16.5 Å². The van der Waals surface area contributed by atoms with Crippen LogP contribution in [0.2, 0.25) is 0 Å². The fourth-order valence-corrected chi connectivity index (χ4v) is 5.63. The van der Waals surface area contributed by atoms with E-state index in [2.05, 4.69) is 88.4 Å². The van der Waals surface area contributed by atoms with Gasteiger partial charge >= 0.3 is 0 Å². The molecule has 0 bridgehead atoms. The van der Waals surface area contributed by atoms with Crippen LogP contribution in [0.15, 0.2) is 66.7 Å². The Bertz CT molecular complexity index is 1020. The molecule has 1 atom stereocenters. The summed E-state index contributed by atoms with van der Waals surface area (Å²) in [4.78, 5) is 8.02. The molecule has 1 heterocycles. The van der Waals surface area contributed by atoms with Crippen LogP contribution in [0.25, 0.3) is 10.8 Å². The number of aryl methyl sites for hydroxylation is 1. The Hall–Kier alpha value is -2.36. The van der Waals surface area contributed by atoms with Crippen molar-refractivity contribution in [2.45, 2.75) is 38.6 Å². The van der Waals surface area contributed by atoms with E-state index in [0.29, 0.717) is 6.04 Å². The second kappa shape index (κ2) is 10.1. The summed E-state index contributed by atoms with van der Waals surface area (Å²) in [6.45, 7) is 10.5. The van der Waals surface area contributed by atoms with Gasteiger partial charge in [0.25, 0.3) is 0 Å². The highest BCUT2D eigenvalue weighted by atomic mass is 15.3. The highest BCUT2D eigenvalue weighted by molar-refractivity contribution is 5.85. The van der Waals surface area contributed by atoms with Gasteiger partial charge in [-0.2, -0.15) is 0 Å². The first-order valence-corrected chi connectivity index (χ1v) is 12.6. The predicted octanol–water partition coefficient (Wildman–Crippen LogP) is 5.23. The SMILES string of the molecule is CCCN(CCN1CCN(c2ccc3ccccc3c2)CC1)C1CCc2ccccc2C1. The summed E-state index contributed by atoms with van der Waals surface area (Å²) in [7, 11) is 0. The van der Waals surface area contributed by atoms with Gasteiger partial charge in [-0.3, -0.25) is 9.80 Å². The van der Waals surface area contributed by atoms with Crippen molar-refractivity contribution in [2.24, 2.45) is 0 Å². The lowest BCUT2D eigenvalue weighted by Crippen LogP contribution is -2.50. The molecule has 0 spiro atoms. The van der Waals surface area contributed by atoms with Crippen LogP contribution in [-0.4, -0.2) is 61.7 Å². The third-order valence-electron chi connectivity index (χ3n) is 7.52. The minimum Gasteiger partial charge on any atom is -0.369 e. The summed E-state index contributed by atoms with van der Waals surface area (Å²) in [5, 5.41) is 2.67. The smallest absolute Gasteiger partial charge is 0.0373 e. The molecule has 32 heavy (non-hydrogen) atoms. The van der Waals surface area contributed by atoms with Crippen LogP contribution < -0.4 is 4.90 Å². The van der Waals surface area contributed by atoms with E-state index >= 15 is 0 Å². The monoisotopic (exact) mass is 427 g/mol. The molecule has 0 N–H and O–H groups in total. The van der Waals surface area contributed by atoms with Crippen LogP contribution in [0, 0.1) is 0 Å². The zero-order valence-corrected chi connectivity index (χ0v) is 19.5. The molecule has 2 aliphatic rings. The van der Waals surface area contributed by atoms with Crippen molar-refractivity contribution in [1.29, 1.82) is 0 Å². The standard InChI is InChI=1S/C29H37N3/c1-2-15-31(28-13-11-24-7-3-5-9-26(24)22-28)19-16-30-17-20-32(21-18-30)29-14-12-25-8-4-6-10-27(25)23-29/h3-10,12,14,23,28H,2,11,13,15-22H2,1H3. The van der Waals surface area contributed by atoms with E-state index < -0.39 is 0 Å². The molecule has 0 amide bonds. The van der Waals surface area contributed by atoms with Gasteiger partial charge in [0.05, 0.1) is 0 Å². The zero-order valence-electron chi connectivity index (χ0n) is 19.5. The average Bonchev–Trinajstić information content (AvgIpc) is 2.86. The molecule has 168 valence electrons. The number of hydrogen-bond acceptors (Lipinski definition) is 3. The van der Waals surface area contributed by atoms with Crippen molar-refractivity contribution in [2.75, 3.05) is 50.7 Å². The first-order chi connectivity index (χ1) is 15.8. The molecule has 3 heteroatoms. The van der Waals surface area contributed by atoms with Gasteiger partial charge < -0.3 is 4.90 Å². The van der Waals surface area contributed by atoms with Gasteiger partial charge in [-0.25, -0.2) is 0 Å². The van der Waals surface area contributed by atoms with E-state index in [-0.39, 0.29) is 0 Å². The lowest BCUT2D eigenvalue weighted by Gasteiger charge is -2.39. The predicted molar refractivity (Wildman–Crippen MR) is 137 cm³/mol. The Labute approximate surface area is 193 Å². The van der Waals surface area contributed by atoms with Crippen molar-refractivity contribution in [3.63, 3.8) is 0 Å². The molecule has 3 aromatic rings. The van der Waals surface area contributed by atoms with Crippen molar-refractivity contribution in [1.82, 2.24) is 9.80 Å². The van der Waals surface area contributed by atoms with Crippen LogP contribution in [0.5, 0.6) is 0 Å². The van der Waals surface area contributed by atoms with Gasteiger partial charge in [-0.15, -0.1) is 0 Å². The van der Waals surface area contributed by atoms with Gasteiger partial charge in [-0.1, -0.05) is 61.5 Å². The summed E-state index contributed by atoms with van der Waals surface area (Å²) in [5.41, 5.74) is 4.52. The molecule has 1 unspecified atom stereocenters. The maximum absolute atomic E-state index is 2.78. The van der Waals surface area contributed by atoms with Crippen molar-refractivity contribution < 1.29 is 0 Å². The fraction of sp³-hybridized carbons (Fsp3) is 0.448. The van der Waals surface area contributed by atoms with E-state index in [1.54, 1.807) is 11.1 Å². The maximum atomic E-state index is 2.78. The third-order valence-corrected chi connectivity index (χ3v) is 7.52. The van der Waals surface area contributed by atoms with E-state index in [1.807, 2.05) is 0 Å². The number of rotatable bonds is 7. The minimum absolute atomic E-state index is 0.712. The molecule has 1 aliphatic carbocycles. The molecule has 0 aromatic heterocycles. The first kappa shape index (κ1) is 21.5. The topological polar surface area (TPSA) is 9.72 Å². The van der Waals surface area contributed by atoms with Gasteiger partial charge in [0.1, 0.15) is 0 Å². The Morgan fingerprint density at radius 3 is 2.38 bits per heavy atom. The summed E-state index contributed by atoms with van der Waals surface area (Å²) >= 11 is 0. The number of anilines is 1. The number of fused-ring (bicyclic) bond motifs is 2. The van der Waals surface area contributed by atoms with Crippen molar-refractivity contribution in [3.8, 4) is 0 Å². The van der Waals surface area contributed by atoms with E-state index in [9.17, 15) is 0 Å². The lowest BCUT2D eigenvalue weighted by molar-refractivity contribution is 0.145. The van der Waals surface area contributed by atoms with Gasteiger partial charge in [-0.05, 0) is 66.3 Å². The molecule has 3 nitrogen and oxygen atoms in total. The number of hydrogen-bond donors (Lipinski definition) is 0. The Morgan fingerprint density at radius 2 is 1.56 bits per heavy atom. The van der Waals surface area contributed by atoms with Gasteiger partial charge in [0.2, 0.25) is 0 Å². The number of benzene rings is 3. The maximum Gasteiger partial charge on any atom is 0.0373 e. The molecule has 1 fully saturated rings. The van der Waals surface area contributed by atoms with Gasteiger partial charge in [0, 0.05) is 51.0 Å². The summed E-state index contributed by atoms with van der Waals surface area (Å²) in [6.07, 6.45) is 5.03. The van der Waals surface area contributed by atoms with Crippen molar-refractivity contribution in [3.05, 3.63) is 77.9 Å². The molecule has 3 aromatic carbocycles. The lowest BCUT2D eigenvalue weighted by atomic mass is 9.87. The second-order valence-electron chi connectivity index (χ2n) is 9.56. The van der Waals surface area contributed by atoms with Gasteiger partial charge in [0.15, 0.2) is 0 Å². The van der Waals surface area contributed by atoms with E-state index in [4.69, 9.17) is 0 Å². The van der Waals surface area contributed by atoms with E-state index in [0.717, 1.165) is 13.1 Å². The Balaban J connectivity index is 1.14. The number of nitrogens with zero attached hydrogens (tertiary/aromatic N) is 3. The van der Waals surface area contributed by atoms with Crippen LogP contribution in [-0.2, 0) is 12.8 Å². The molecular weight excluding hydrogens is 390 g/mol. The molecular formula is C29H37N3. The Morgan fingerprint density at radius 1 is 0.812 bits per heavy atom. The van der Waals surface area contributed by atoms with Crippen LogP contribution in [0.1, 0.15) is 30.9 Å². The molecule has 5 rings (SSSR count). The second-order valence-corrected chi connectivity index (χ2v) is 9.56. The number of piperazine rings is 1. The zero-order chi connectivity index (χ0) is 21.8. The first-order valence-electron chi connectivity index (χ1n) is 12.6.